The fourth-order valence-electron chi connectivity index (χ4n) is 4.73. The van der Waals surface area contributed by atoms with Crippen LogP contribution in [0.15, 0.2) is 65.7 Å². The number of carbonyl (C=O) groups is 1. The van der Waals surface area contributed by atoms with Crippen LogP contribution in [0.5, 0.6) is 0 Å². The second-order valence-corrected chi connectivity index (χ2v) is 9.19. The standard InChI is InChI=1S/C27H34N2O5/c1-18(33-19(2)30)22-15-23-24(28-27(34-23)29(3)4)26(32-17-21-13-9-6-10-14-21)25(22)31-16-20-11-7-5-8-12-20/h5-14,18,22-26H,15-17H2,1-4H3/t18?,22-,23+,24-,25-,26-/m1/s1. The average Bonchev–Trinajstić information content (AvgIpc) is 3.26. The fraction of sp³-hybridized carbons (Fsp3) is 0.481. The van der Waals surface area contributed by atoms with Gasteiger partial charge >= 0.3 is 5.97 Å². The maximum atomic E-state index is 11.8. The zero-order valence-corrected chi connectivity index (χ0v) is 20.3. The third-order valence-electron chi connectivity index (χ3n) is 6.39. The highest BCUT2D eigenvalue weighted by atomic mass is 16.6. The van der Waals surface area contributed by atoms with Gasteiger partial charge in [-0.2, -0.15) is 0 Å². The third-order valence-corrected chi connectivity index (χ3v) is 6.39. The van der Waals surface area contributed by atoms with Gasteiger partial charge in [0.25, 0.3) is 6.02 Å². The van der Waals surface area contributed by atoms with Gasteiger partial charge in [-0.05, 0) is 24.5 Å². The van der Waals surface area contributed by atoms with E-state index in [2.05, 4.69) is 0 Å². The molecule has 0 spiro atoms. The molecule has 7 nitrogen and oxygen atoms in total. The van der Waals surface area contributed by atoms with Crippen molar-refractivity contribution in [3.63, 3.8) is 0 Å². The summed E-state index contributed by atoms with van der Waals surface area (Å²) in [4.78, 5) is 18.5. The summed E-state index contributed by atoms with van der Waals surface area (Å²) in [5.74, 6) is -0.415. The molecule has 2 aliphatic rings. The summed E-state index contributed by atoms with van der Waals surface area (Å²) >= 11 is 0. The molecule has 1 fully saturated rings. The number of fused-ring (bicyclic) bond motifs is 1. The van der Waals surface area contributed by atoms with Crippen molar-refractivity contribution in [3.05, 3.63) is 71.8 Å². The van der Waals surface area contributed by atoms with Crippen LogP contribution in [0.2, 0.25) is 0 Å². The Morgan fingerprint density at radius 1 is 1.00 bits per heavy atom. The molecule has 7 heteroatoms. The number of amidine groups is 1. The molecule has 1 aliphatic carbocycles. The number of rotatable bonds is 8. The van der Waals surface area contributed by atoms with E-state index in [9.17, 15) is 4.79 Å². The predicted molar refractivity (Wildman–Crippen MR) is 129 cm³/mol. The highest BCUT2D eigenvalue weighted by molar-refractivity contribution is 5.75. The monoisotopic (exact) mass is 466 g/mol. The molecule has 34 heavy (non-hydrogen) atoms. The molecule has 1 unspecified atom stereocenters. The van der Waals surface area contributed by atoms with Crippen molar-refractivity contribution in [2.45, 2.75) is 63.9 Å². The van der Waals surface area contributed by atoms with Crippen LogP contribution < -0.4 is 0 Å². The summed E-state index contributed by atoms with van der Waals surface area (Å²) in [6, 6.07) is 20.5. The lowest BCUT2D eigenvalue weighted by molar-refractivity contribution is -0.181. The van der Waals surface area contributed by atoms with Gasteiger partial charge in [0, 0.05) is 26.9 Å². The molecule has 1 heterocycles. The van der Waals surface area contributed by atoms with Crippen LogP contribution in [-0.4, -0.2) is 61.4 Å². The average molecular weight is 467 g/mol. The van der Waals surface area contributed by atoms with Crippen LogP contribution in [0.25, 0.3) is 0 Å². The van der Waals surface area contributed by atoms with Crippen molar-refractivity contribution < 1.29 is 23.7 Å². The Morgan fingerprint density at radius 3 is 2.09 bits per heavy atom. The molecule has 0 amide bonds. The molecule has 0 aromatic heterocycles. The summed E-state index contributed by atoms with van der Waals surface area (Å²) in [7, 11) is 3.83. The normalized spacial score (nSPS) is 26.7. The SMILES string of the molecule is CC(=O)OC(C)[C@H]1C[C@@H]2OC(N(C)C)=N[C@H]2[C@@H](OCc2ccccc2)[C@@H]1OCc1ccccc1. The van der Waals surface area contributed by atoms with Crippen molar-refractivity contribution in [2.75, 3.05) is 14.1 Å². The first-order valence-corrected chi connectivity index (χ1v) is 11.8. The lowest BCUT2D eigenvalue weighted by atomic mass is 9.77. The Balaban J connectivity index is 1.63. The van der Waals surface area contributed by atoms with Crippen LogP contribution in [-0.2, 0) is 37.0 Å². The molecule has 0 N–H and O–H groups in total. The van der Waals surface area contributed by atoms with Crippen LogP contribution in [0.4, 0.5) is 0 Å². The van der Waals surface area contributed by atoms with Crippen molar-refractivity contribution in [1.29, 1.82) is 0 Å². The second kappa shape index (κ2) is 11.0. The van der Waals surface area contributed by atoms with Crippen LogP contribution >= 0.6 is 0 Å². The molecule has 0 bridgehead atoms. The first-order chi connectivity index (χ1) is 16.4. The molecule has 4 rings (SSSR count). The Bertz CT molecular complexity index is 966. The molecule has 0 radical (unpaired) electrons. The van der Waals surface area contributed by atoms with Crippen molar-refractivity contribution in [2.24, 2.45) is 10.9 Å². The Kier molecular flexibility index (Phi) is 7.85. The molecular formula is C27H34N2O5. The highest BCUT2D eigenvalue weighted by Gasteiger charge is 2.52. The van der Waals surface area contributed by atoms with E-state index in [4.69, 9.17) is 23.9 Å². The van der Waals surface area contributed by atoms with Gasteiger partial charge in [0.15, 0.2) is 0 Å². The fourth-order valence-corrected chi connectivity index (χ4v) is 4.73. The third kappa shape index (κ3) is 5.77. The lowest BCUT2D eigenvalue weighted by Gasteiger charge is -2.44. The van der Waals surface area contributed by atoms with E-state index in [1.54, 1.807) is 0 Å². The van der Waals surface area contributed by atoms with Gasteiger partial charge in [-0.1, -0.05) is 60.7 Å². The van der Waals surface area contributed by atoms with E-state index in [1.807, 2.05) is 86.6 Å². The van der Waals surface area contributed by atoms with Crippen molar-refractivity contribution in [3.8, 4) is 0 Å². The maximum Gasteiger partial charge on any atom is 0.302 e. The van der Waals surface area contributed by atoms with Gasteiger partial charge in [0.1, 0.15) is 24.4 Å². The van der Waals surface area contributed by atoms with Crippen molar-refractivity contribution >= 4 is 12.0 Å². The summed E-state index contributed by atoms with van der Waals surface area (Å²) in [5, 5.41) is 0. The minimum Gasteiger partial charge on any atom is -0.462 e. The Morgan fingerprint density at radius 2 is 1.56 bits per heavy atom. The smallest absolute Gasteiger partial charge is 0.302 e. The van der Waals surface area contributed by atoms with E-state index in [0.717, 1.165) is 11.1 Å². The zero-order valence-electron chi connectivity index (χ0n) is 20.3. The number of ether oxygens (including phenoxy) is 4. The Labute approximate surface area is 201 Å². The summed E-state index contributed by atoms with van der Waals surface area (Å²) in [6.45, 7) is 4.22. The number of carbonyl (C=O) groups excluding carboxylic acids is 1. The summed E-state index contributed by atoms with van der Waals surface area (Å²) in [5.41, 5.74) is 2.15. The van der Waals surface area contributed by atoms with E-state index in [-0.39, 0.29) is 42.3 Å². The number of esters is 1. The van der Waals surface area contributed by atoms with Gasteiger partial charge < -0.3 is 23.8 Å². The minimum absolute atomic E-state index is 0.105. The van der Waals surface area contributed by atoms with Gasteiger partial charge in [-0.3, -0.25) is 4.79 Å². The molecular weight excluding hydrogens is 432 g/mol. The largest absolute Gasteiger partial charge is 0.462 e. The molecule has 2 aromatic rings. The van der Waals surface area contributed by atoms with Crippen LogP contribution in [0, 0.1) is 5.92 Å². The zero-order chi connectivity index (χ0) is 24.1. The van der Waals surface area contributed by atoms with E-state index in [0.29, 0.717) is 25.7 Å². The molecule has 1 aliphatic heterocycles. The number of aliphatic imine (C=N–C) groups is 1. The molecule has 182 valence electrons. The molecule has 0 saturated heterocycles. The molecule has 1 saturated carbocycles. The summed E-state index contributed by atoms with van der Waals surface area (Å²) < 4.78 is 24.9. The first-order valence-electron chi connectivity index (χ1n) is 11.8. The van der Waals surface area contributed by atoms with E-state index < -0.39 is 0 Å². The number of benzene rings is 2. The summed E-state index contributed by atoms with van der Waals surface area (Å²) in [6.07, 6.45) is -0.548. The van der Waals surface area contributed by atoms with Crippen molar-refractivity contribution in [1.82, 2.24) is 4.90 Å². The highest BCUT2D eigenvalue weighted by Crippen LogP contribution is 2.39. The molecule has 6 atom stereocenters. The number of nitrogens with zero attached hydrogens (tertiary/aromatic N) is 2. The number of hydrogen-bond acceptors (Lipinski definition) is 7. The minimum atomic E-state index is -0.358. The maximum absolute atomic E-state index is 11.8. The Hall–Kier alpha value is -2.90. The van der Waals surface area contributed by atoms with E-state index in [1.165, 1.54) is 6.92 Å². The van der Waals surface area contributed by atoms with Crippen LogP contribution in [0.1, 0.15) is 31.4 Å². The van der Waals surface area contributed by atoms with Gasteiger partial charge in [-0.15, -0.1) is 0 Å². The molecule has 2 aromatic carbocycles. The second-order valence-electron chi connectivity index (χ2n) is 9.19. The lowest BCUT2D eigenvalue weighted by Crippen LogP contribution is -2.56. The van der Waals surface area contributed by atoms with Crippen LogP contribution in [0.3, 0.4) is 0 Å². The van der Waals surface area contributed by atoms with Gasteiger partial charge in [0.2, 0.25) is 0 Å². The van der Waals surface area contributed by atoms with E-state index >= 15 is 0 Å². The van der Waals surface area contributed by atoms with Gasteiger partial charge in [0.05, 0.1) is 19.3 Å². The quantitative estimate of drug-likeness (QED) is 0.551. The van der Waals surface area contributed by atoms with Gasteiger partial charge in [-0.25, -0.2) is 4.99 Å². The topological polar surface area (TPSA) is 69.6 Å². The number of hydrogen-bond donors (Lipinski definition) is 0. The predicted octanol–water partition coefficient (Wildman–Crippen LogP) is 3.81. The first kappa shape index (κ1) is 24.2.